The van der Waals surface area contributed by atoms with Crippen LogP contribution < -0.4 is 10.6 Å². The van der Waals surface area contributed by atoms with Crippen molar-refractivity contribution in [2.75, 3.05) is 32.7 Å². The first-order valence-corrected chi connectivity index (χ1v) is 6.40. The molecule has 4 heteroatoms. The second kappa shape index (κ2) is 6.86. The lowest BCUT2D eigenvalue weighted by molar-refractivity contribution is -0.123. The highest BCUT2D eigenvalue weighted by molar-refractivity contribution is 5.77. The zero-order valence-corrected chi connectivity index (χ0v) is 10.8. The molecule has 1 aliphatic rings. The van der Waals surface area contributed by atoms with Crippen molar-refractivity contribution in [1.82, 2.24) is 15.5 Å². The van der Waals surface area contributed by atoms with Gasteiger partial charge in [0.15, 0.2) is 0 Å². The van der Waals surface area contributed by atoms with Gasteiger partial charge >= 0.3 is 0 Å². The largest absolute Gasteiger partial charge is 0.355 e. The van der Waals surface area contributed by atoms with E-state index < -0.39 is 0 Å². The SMILES string of the molecule is CCNC(=O)CN(CC)C1CNCCC1C. The molecule has 0 bridgehead atoms. The Bertz CT molecular complexity index is 220. The van der Waals surface area contributed by atoms with E-state index in [1.807, 2.05) is 6.92 Å². The molecule has 16 heavy (non-hydrogen) atoms. The number of carbonyl (C=O) groups is 1. The Morgan fingerprint density at radius 3 is 2.81 bits per heavy atom. The van der Waals surface area contributed by atoms with Crippen molar-refractivity contribution in [2.24, 2.45) is 5.92 Å². The van der Waals surface area contributed by atoms with Gasteiger partial charge in [0.2, 0.25) is 5.91 Å². The molecule has 1 heterocycles. The molecule has 2 N–H and O–H groups in total. The van der Waals surface area contributed by atoms with Gasteiger partial charge in [-0.1, -0.05) is 13.8 Å². The van der Waals surface area contributed by atoms with Gasteiger partial charge in [-0.2, -0.15) is 0 Å². The third-order valence-electron chi connectivity index (χ3n) is 3.38. The normalized spacial score (nSPS) is 25.8. The van der Waals surface area contributed by atoms with Gasteiger partial charge in [0, 0.05) is 19.1 Å². The van der Waals surface area contributed by atoms with E-state index in [0.717, 1.165) is 26.2 Å². The molecule has 0 radical (unpaired) electrons. The number of nitrogens with zero attached hydrogens (tertiary/aromatic N) is 1. The molecule has 4 nitrogen and oxygen atoms in total. The van der Waals surface area contributed by atoms with Crippen LogP contribution in [0.2, 0.25) is 0 Å². The Kier molecular flexibility index (Phi) is 5.77. The number of carbonyl (C=O) groups excluding carboxylic acids is 1. The van der Waals surface area contributed by atoms with Crippen molar-refractivity contribution >= 4 is 5.91 Å². The van der Waals surface area contributed by atoms with E-state index in [1.165, 1.54) is 6.42 Å². The van der Waals surface area contributed by atoms with Crippen molar-refractivity contribution in [1.29, 1.82) is 0 Å². The molecule has 1 amide bonds. The summed E-state index contributed by atoms with van der Waals surface area (Å²) >= 11 is 0. The fourth-order valence-electron chi connectivity index (χ4n) is 2.36. The van der Waals surface area contributed by atoms with E-state index in [1.54, 1.807) is 0 Å². The molecule has 2 unspecified atom stereocenters. The van der Waals surface area contributed by atoms with Crippen molar-refractivity contribution < 1.29 is 4.79 Å². The van der Waals surface area contributed by atoms with Crippen LogP contribution >= 0.6 is 0 Å². The minimum Gasteiger partial charge on any atom is -0.355 e. The van der Waals surface area contributed by atoms with Gasteiger partial charge in [-0.25, -0.2) is 0 Å². The molecule has 1 saturated heterocycles. The van der Waals surface area contributed by atoms with Crippen LogP contribution in [0.3, 0.4) is 0 Å². The summed E-state index contributed by atoms with van der Waals surface area (Å²) in [4.78, 5) is 13.9. The van der Waals surface area contributed by atoms with Crippen LogP contribution in [0.5, 0.6) is 0 Å². The minimum absolute atomic E-state index is 0.141. The topological polar surface area (TPSA) is 44.4 Å². The maximum atomic E-state index is 11.6. The van der Waals surface area contributed by atoms with Crippen molar-refractivity contribution in [3.8, 4) is 0 Å². The summed E-state index contributed by atoms with van der Waals surface area (Å²) in [5.74, 6) is 0.817. The first-order valence-electron chi connectivity index (χ1n) is 6.40. The summed E-state index contributed by atoms with van der Waals surface area (Å²) in [6.45, 7) is 10.7. The molecule has 1 aliphatic heterocycles. The molecule has 0 aromatic heterocycles. The Labute approximate surface area is 98.8 Å². The van der Waals surface area contributed by atoms with Gasteiger partial charge in [-0.3, -0.25) is 9.69 Å². The summed E-state index contributed by atoms with van der Waals surface area (Å²) in [6.07, 6.45) is 1.20. The number of amides is 1. The number of nitrogens with one attached hydrogen (secondary N) is 2. The number of hydrogen-bond donors (Lipinski definition) is 2. The van der Waals surface area contributed by atoms with Crippen molar-refractivity contribution in [3.63, 3.8) is 0 Å². The van der Waals surface area contributed by atoms with Gasteiger partial charge < -0.3 is 10.6 Å². The van der Waals surface area contributed by atoms with E-state index in [-0.39, 0.29) is 5.91 Å². The van der Waals surface area contributed by atoms with Crippen LogP contribution in [0, 0.1) is 5.92 Å². The first-order chi connectivity index (χ1) is 7.69. The molecule has 94 valence electrons. The molecular weight excluding hydrogens is 202 g/mol. The average molecular weight is 227 g/mol. The number of rotatable bonds is 5. The van der Waals surface area contributed by atoms with Crippen LogP contribution in [0.15, 0.2) is 0 Å². The molecule has 1 fully saturated rings. The minimum atomic E-state index is 0.141. The van der Waals surface area contributed by atoms with E-state index >= 15 is 0 Å². The lowest BCUT2D eigenvalue weighted by Gasteiger charge is -2.38. The van der Waals surface area contributed by atoms with E-state index in [4.69, 9.17) is 0 Å². The Morgan fingerprint density at radius 1 is 1.50 bits per heavy atom. The van der Waals surface area contributed by atoms with Crippen LogP contribution in [0.4, 0.5) is 0 Å². The summed E-state index contributed by atoms with van der Waals surface area (Å²) in [5, 5.41) is 6.28. The van der Waals surface area contributed by atoms with Crippen LogP contribution in [-0.2, 0) is 4.79 Å². The second-order valence-electron chi connectivity index (χ2n) is 4.55. The molecule has 0 spiro atoms. The van der Waals surface area contributed by atoms with Crippen molar-refractivity contribution in [3.05, 3.63) is 0 Å². The second-order valence-corrected chi connectivity index (χ2v) is 4.55. The van der Waals surface area contributed by atoms with Crippen molar-refractivity contribution in [2.45, 2.75) is 33.2 Å². The average Bonchev–Trinajstić information content (AvgIpc) is 2.27. The number of piperidine rings is 1. The molecule has 0 aromatic rings. The van der Waals surface area contributed by atoms with Gasteiger partial charge in [0.1, 0.15) is 0 Å². The van der Waals surface area contributed by atoms with Gasteiger partial charge in [-0.15, -0.1) is 0 Å². The van der Waals surface area contributed by atoms with Crippen LogP contribution in [-0.4, -0.2) is 49.6 Å². The molecule has 2 atom stereocenters. The fourth-order valence-corrected chi connectivity index (χ4v) is 2.36. The molecular formula is C12H25N3O. The molecule has 1 rings (SSSR count). The maximum absolute atomic E-state index is 11.6. The quantitative estimate of drug-likeness (QED) is 0.716. The lowest BCUT2D eigenvalue weighted by Crippen LogP contribution is -2.53. The van der Waals surface area contributed by atoms with Crippen LogP contribution in [0.1, 0.15) is 27.2 Å². The highest BCUT2D eigenvalue weighted by Gasteiger charge is 2.27. The molecule has 0 saturated carbocycles. The summed E-state index contributed by atoms with van der Waals surface area (Å²) in [5.41, 5.74) is 0. The van der Waals surface area contributed by atoms with E-state index in [9.17, 15) is 4.79 Å². The third-order valence-corrected chi connectivity index (χ3v) is 3.38. The predicted molar refractivity (Wildman–Crippen MR) is 66.4 cm³/mol. The standard InChI is InChI=1S/C12H25N3O/c1-4-14-12(16)9-15(5-2)11-8-13-7-6-10(11)3/h10-11,13H,4-9H2,1-3H3,(H,14,16). The Hall–Kier alpha value is -0.610. The highest BCUT2D eigenvalue weighted by atomic mass is 16.2. The monoisotopic (exact) mass is 227 g/mol. The molecule has 0 aliphatic carbocycles. The number of hydrogen-bond acceptors (Lipinski definition) is 3. The van der Waals surface area contributed by atoms with Gasteiger partial charge in [0.05, 0.1) is 6.54 Å². The zero-order valence-electron chi connectivity index (χ0n) is 10.8. The maximum Gasteiger partial charge on any atom is 0.234 e. The third kappa shape index (κ3) is 3.76. The summed E-state index contributed by atoms with van der Waals surface area (Å²) in [6, 6.07) is 0.501. The highest BCUT2D eigenvalue weighted by Crippen LogP contribution is 2.17. The first kappa shape index (κ1) is 13.5. The Morgan fingerprint density at radius 2 is 2.25 bits per heavy atom. The predicted octanol–water partition coefficient (Wildman–Crippen LogP) is 0.442. The van der Waals surface area contributed by atoms with E-state index in [0.29, 0.717) is 18.5 Å². The Balaban J connectivity index is 2.48. The summed E-state index contributed by atoms with van der Waals surface area (Å²) in [7, 11) is 0. The summed E-state index contributed by atoms with van der Waals surface area (Å²) < 4.78 is 0. The van der Waals surface area contributed by atoms with Gasteiger partial charge in [-0.05, 0) is 32.4 Å². The number of likely N-dealkylation sites (N-methyl/N-ethyl adjacent to an activating group) is 2. The van der Waals surface area contributed by atoms with Gasteiger partial charge in [0.25, 0.3) is 0 Å². The van der Waals surface area contributed by atoms with E-state index in [2.05, 4.69) is 29.4 Å². The molecule has 0 aromatic carbocycles. The van der Waals surface area contributed by atoms with Crippen LogP contribution in [0.25, 0.3) is 0 Å². The lowest BCUT2D eigenvalue weighted by atomic mass is 9.93. The fraction of sp³-hybridized carbons (Fsp3) is 0.917. The smallest absolute Gasteiger partial charge is 0.234 e. The zero-order chi connectivity index (χ0) is 12.0.